The Morgan fingerprint density at radius 3 is 2.57 bits per heavy atom. The van der Waals surface area contributed by atoms with Crippen molar-refractivity contribution in [1.82, 2.24) is 0 Å². The number of hydrogen-bond acceptors (Lipinski definition) is 6. The zero-order valence-electron chi connectivity index (χ0n) is 17.0. The molecule has 0 aromatic heterocycles. The summed E-state index contributed by atoms with van der Waals surface area (Å²) >= 11 is 0. The standard InChI is InChI=1S/C22H25NO6S/c1-3-4-5-16-7-9-17(10-8-16)23-30(26,27)18-11-6-15(2)19(14-18)21(24)29-20-12-13-28-22(20)25/h6-11,14,20,23H,3-5,12-13H2,1-2H3. The first-order valence-electron chi connectivity index (χ1n) is 9.90. The SMILES string of the molecule is CCCCc1ccc(NS(=O)(=O)c2ccc(C)c(C(=O)OC3CCOC3=O)c2)cc1. The molecule has 1 N–H and O–H groups in total. The van der Waals surface area contributed by atoms with Crippen LogP contribution in [0.15, 0.2) is 47.4 Å². The highest BCUT2D eigenvalue weighted by Crippen LogP contribution is 2.22. The number of cyclic esters (lactones) is 1. The molecule has 1 aliphatic rings. The smallest absolute Gasteiger partial charge is 0.347 e. The van der Waals surface area contributed by atoms with Gasteiger partial charge in [-0.05, 0) is 55.2 Å². The van der Waals surface area contributed by atoms with Crippen molar-refractivity contribution in [2.45, 2.75) is 50.5 Å². The van der Waals surface area contributed by atoms with Gasteiger partial charge in [-0.2, -0.15) is 0 Å². The van der Waals surface area contributed by atoms with E-state index in [1.807, 2.05) is 12.1 Å². The van der Waals surface area contributed by atoms with Crippen molar-refractivity contribution in [2.24, 2.45) is 0 Å². The molecule has 3 rings (SSSR count). The minimum atomic E-state index is -3.90. The quantitative estimate of drug-likeness (QED) is 0.641. The van der Waals surface area contributed by atoms with Crippen LogP contribution in [0.25, 0.3) is 0 Å². The maximum atomic E-state index is 12.8. The number of hydrogen-bond donors (Lipinski definition) is 1. The second-order valence-corrected chi connectivity index (χ2v) is 8.92. The number of ether oxygens (including phenoxy) is 2. The molecule has 7 nitrogen and oxygen atoms in total. The summed E-state index contributed by atoms with van der Waals surface area (Å²) in [6, 6.07) is 11.4. The molecular formula is C22H25NO6S. The number of esters is 2. The lowest BCUT2D eigenvalue weighted by Crippen LogP contribution is -2.23. The van der Waals surface area contributed by atoms with Crippen LogP contribution >= 0.6 is 0 Å². The van der Waals surface area contributed by atoms with Gasteiger partial charge in [-0.3, -0.25) is 4.72 Å². The van der Waals surface area contributed by atoms with Gasteiger partial charge in [0, 0.05) is 12.1 Å². The summed E-state index contributed by atoms with van der Waals surface area (Å²) in [5, 5.41) is 0. The van der Waals surface area contributed by atoms with Gasteiger partial charge < -0.3 is 9.47 Å². The molecule has 30 heavy (non-hydrogen) atoms. The Morgan fingerprint density at radius 2 is 1.93 bits per heavy atom. The minimum absolute atomic E-state index is 0.0656. The normalized spacial score (nSPS) is 16.2. The summed E-state index contributed by atoms with van der Waals surface area (Å²) in [6.07, 6.45) is 2.45. The van der Waals surface area contributed by atoms with E-state index in [0.29, 0.717) is 11.3 Å². The van der Waals surface area contributed by atoms with Crippen molar-refractivity contribution in [3.8, 4) is 0 Å². The number of unbranched alkanes of at least 4 members (excludes halogenated alkanes) is 1. The molecule has 0 bridgehead atoms. The number of aryl methyl sites for hydroxylation is 2. The van der Waals surface area contributed by atoms with E-state index < -0.39 is 28.1 Å². The van der Waals surface area contributed by atoms with Crippen LogP contribution in [0.5, 0.6) is 0 Å². The fourth-order valence-electron chi connectivity index (χ4n) is 3.10. The van der Waals surface area contributed by atoms with Gasteiger partial charge >= 0.3 is 11.9 Å². The summed E-state index contributed by atoms with van der Waals surface area (Å²) < 4.78 is 38.1. The van der Waals surface area contributed by atoms with Crippen molar-refractivity contribution >= 4 is 27.6 Å². The highest BCUT2D eigenvalue weighted by Gasteiger charge is 2.31. The Morgan fingerprint density at radius 1 is 1.20 bits per heavy atom. The van der Waals surface area contributed by atoms with E-state index in [1.165, 1.54) is 18.2 Å². The predicted octanol–water partition coefficient (Wildman–Crippen LogP) is 3.61. The number of carbonyl (C=O) groups excluding carboxylic acids is 2. The molecule has 1 aliphatic heterocycles. The van der Waals surface area contributed by atoms with Crippen molar-refractivity contribution in [1.29, 1.82) is 0 Å². The van der Waals surface area contributed by atoms with Crippen LogP contribution < -0.4 is 4.72 Å². The summed E-state index contributed by atoms with van der Waals surface area (Å²) in [7, 11) is -3.90. The maximum Gasteiger partial charge on any atom is 0.347 e. The summed E-state index contributed by atoms with van der Waals surface area (Å²) in [6.45, 7) is 3.99. The highest BCUT2D eigenvalue weighted by molar-refractivity contribution is 7.92. The first kappa shape index (κ1) is 21.8. The van der Waals surface area contributed by atoms with E-state index in [1.54, 1.807) is 19.1 Å². The first-order valence-corrected chi connectivity index (χ1v) is 11.4. The molecule has 1 fully saturated rings. The zero-order valence-corrected chi connectivity index (χ0v) is 17.8. The van der Waals surface area contributed by atoms with E-state index in [4.69, 9.17) is 9.47 Å². The second kappa shape index (κ2) is 9.30. The molecule has 2 aromatic rings. The Balaban J connectivity index is 1.76. The third kappa shape index (κ3) is 5.18. The Hall–Kier alpha value is -2.87. The molecule has 0 saturated carbocycles. The lowest BCUT2D eigenvalue weighted by molar-refractivity contribution is -0.145. The van der Waals surface area contributed by atoms with Crippen LogP contribution in [0, 0.1) is 6.92 Å². The van der Waals surface area contributed by atoms with Crippen molar-refractivity contribution in [3.05, 3.63) is 59.2 Å². The number of anilines is 1. The molecule has 0 amide bonds. The molecule has 1 heterocycles. The molecule has 160 valence electrons. The number of rotatable bonds is 8. The van der Waals surface area contributed by atoms with Crippen LogP contribution in [0.2, 0.25) is 0 Å². The molecule has 1 unspecified atom stereocenters. The van der Waals surface area contributed by atoms with E-state index in [-0.39, 0.29) is 23.5 Å². The molecule has 0 aliphatic carbocycles. The molecule has 0 spiro atoms. The summed E-state index contributed by atoms with van der Waals surface area (Å²) in [5.41, 5.74) is 2.22. The van der Waals surface area contributed by atoms with Gasteiger partial charge in [-0.25, -0.2) is 18.0 Å². The van der Waals surface area contributed by atoms with Gasteiger partial charge in [0.15, 0.2) is 0 Å². The summed E-state index contributed by atoms with van der Waals surface area (Å²) in [5.74, 6) is -1.34. The van der Waals surface area contributed by atoms with Gasteiger partial charge in [0.2, 0.25) is 6.10 Å². The second-order valence-electron chi connectivity index (χ2n) is 7.23. The number of benzene rings is 2. The molecular weight excluding hydrogens is 406 g/mol. The summed E-state index contributed by atoms with van der Waals surface area (Å²) in [4.78, 5) is 23.9. The molecule has 1 saturated heterocycles. The van der Waals surface area contributed by atoms with Gasteiger partial charge in [0.05, 0.1) is 17.1 Å². The van der Waals surface area contributed by atoms with E-state index in [0.717, 1.165) is 24.8 Å². The van der Waals surface area contributed by atoms with E-state index in [9.17, 15) is 18.0 Å². The van der Waals surface area contributed by atoms with Crippen molar-refractivity contribution in [2.75, 3.05) is 11.3 Å². The fraction of sp³-hybridized carbons (Fsp3) is 0.364. The zero-order chi connectivity index (χ0) is 21.7. The van der Waals surface area contributed by atoms with Gasteiger partial charge in [0.25, 0.3) is 10.0 Å². The highest BCUT2D eigenvalue weighted by atomic mass is 32.2. The Bertz CT molecular complexity index is 1030. The molecule has 2 aromatic carbocycles. The fourth-order valence-corrected chi connectivity index (χ4v) is 4.18. The average molecular weight is 432 g/mol. The van der Waals surface area contributed by atoms with Gasteiger partial charge in [-0.1, -0.05) is 31.5 Å². The Labute approximate surface area is 176 Å². The largest absolute Gasteiger partial charge is 0.463 e. The lowest BCUT2D eigenvalue weighted by atomic mass is 10.1. The first-order chi connectivity index (χ1) is 14.3. The van der Waals surface area contributed by atoms with Crippen LogP contribution in [-0.2, 0) is 30.7 Å². The average Bonchev–Trinajstić information content (AvgIpc) is 3.11. The minimum Gasteiger partial charge on any atom is -0.463 e. The molecule has 8 heteroatoms. The lowest BCUT2D eigenvalue weighted by Gasteiger charge is -2.13. The van der Waals surface area contributed by atoms with Crippen LogP contribution in [0.1, 0.15) is 47.7 Å². The topological polar surface area (TPSA) is 98.8 Å². The van der Waals surface area contributed by atoms with Crippen molar-refractivity contribution in [3.63, 3.8) is 0 Å². The predicted molar refractivity (Wildman–Crippen MR) is 112 cm³/mol. The number of carbonyl (C=O) groups is 2. The molecule has 0 radical (unpaired) electrons. The van der Waals surface area contributed by atoms with E-state index >= 15 is 0 Å². The Kier molecular flexibility index (Phi) is 6.77. The van der Waals surface area contributed by atoms with E-state index in [2.05, 4.69) is 11.6 Å². The maximum absolute atomic E-state index is 12.8. The van der Waals surface area contributed by atoms with Crippen LogP contribution in [0.4, 0.5) is 5.69 Å². The monoisotopic (exact) mass is 431 g/mol. The number of sulfonamides is 1. The van der Waals surface area contributed by atoms with Crippen molar-refractivity contribution < 1.29 is 27.5 Å². The number of nitrogens with one attached hydrogen (secondary N) is 1. The van der Waals surface area contributed by atoms with Crippen LogP contribution in [0.3, 0.4) is 0 Å². The van der Waals surface area contributed by atoms with Gasteiger partial charge in [-0.15, -0.1) is 0 Å². The molecule has 1 atom stereocenters. The van der Waals surface area contributed by atoms with Gasteiger partial charge in [0.1, 0.15) is 0 Å². The third-order valence-corrected chi connectivity index (χ3v) is 6.28. The van der Waals surface area contributed by atoms with Crippen LogP contribution in [-0.4, -0.2) is 33.1 Å². The third-order valence-electron chi connectivity index (χ3n) is 4.90.